The fourth-order valence-electron chi connectivity index (χ4n) is 2.08. The van der Waals surface area contributed by atoms with Gasteiger partial charge in [-0.3, -0.25) is 9.48 Å². The summed E-state index contributed by atoms with van der Waals surface area (Å²) in [5.74, 6) is 0.611. The molecule has 0 N–H and O–H groups in total. The molecular weight excluding hydrogens is 287 g/mol. The van der Waals surface area contributed by atoms with Crippen LogP contribution in [0, 0.1) is 5.82 Å². The van der Waals surface area contributed by atoms with E-state index in [0.717, 1.165) is 5.69 Å². The summed E-state index contributed by atoms with van der Waals surface area (Å²) < 4.78 is 26.3. The molecular formula is C16H13FN2O3. The highest BCUT2D eigenvalue weighted by atomic mass is 19.1. The van der Waals surface area contributed by atoms with Crippen molar-refractivity contribution in [1.29, 1.82) is 0 Å². The van der Waals surface area contributed by atoms with Gasteiger partial charge in [0.2, 0.25) is 0 Å². The highest BCUT2D eigenvalue weighted by Crippen LogP contribution is 2.32. The van der Waals surface area contributed by atoms with Crippen molar-refractivity contribution in [2.24, 2.45) is 7.05 Å². The summed E-state index contributed by atoms with van der Waals surface area (Å²) in [4.78, 5) is 10.7. The number of furan rings is 1. The van der Waals surface area contributed by atoms with Gasteiger partial charge in [0.1, 0.15) is 23.9 Å². The van der Waals surface area contributed by atoms with Crippen LogP contribution in [-0.4, -0.2) is 16.1 Å². The Morgan fingerprint density at radius 1 is 1.32 bits per heavy atom. The maximum atomic E-state index is 13.5. The second-order valence-electron chi connectivity index (χ2n) is 4.70. The van der Waals surface area contributed by atoms with Crippen LogP contribution < -0.4 is 4.74 Å². The fraction of sp³-hybridized carbons (Fsp3) is 0.125. The van der Waals surface area contributed by atoms with Gasteiger partial charge in [-0.15, -0.1) is 0 Å². The number of halogens is 1. The van der Waals surface area contributed by atoms with Crippen LogP contribution in [0.3, 0.4) is 0 Å². The molecule has 1 aromatic carbocycles. The van der Waals surface area contributed by atoms with Gasteiger partial charge in [-0.25, -0.2) is 4.39 Å². The molecule has 0 aliphatic heterocycles. The van der Waals surface area contributed by atoms with Crippen molar-refractivity contribution in [2.45, 2.75) is 6.61 Å². The van der Waals surface area contributed by atoms with Gasteiger partial charge in [-0.1, -0.05) is 0 Å². The quantitative estimate of drug-likeness (QED) is 0.679. The number of aromatic nitrogens is 2. The van der Waals surface area contributed by atoms with Crippen LogP contribution in [0.25, 0.3) is 11.3 Å². The molecule has 0 aliphatic rings. The van der Waals surface area contributed by atoms with Crippen LogP contribution in [0.4, 0.5) is 4.39 Å². The lowest BCUT2D eigenvalue weighted by Crippen LogP contribution is -2.03. The number of carbonyl (C=O) groups is 1. The fourth-order valence-corrected chi connectivity index (χ4v) is 2.08. The largest absolute Gasteiger partial charge is 0.487 e. The molecule has 0 bridgehead atoms. The third-order valence-corrected chi connectivity index (χ3v) is 3.25. The highest BCUT2D eigenvalue weighted by molar-refractivity contribution is 5.74. The minimum Gasteiger partial charge on any atom is -0.487 e. The first kappa shape index (κ1) is 14.1. The van der Waals surface area contributed by atoms with Gasteiger partial charge in [-0.05, 0) is 36.4 Å². The molecule has 0 atom stereocenters. The van der Waals surface area contributed by atoms with Crippen molar-refractivity contribution in [1.82, 2.24) is 9.78 Å². The van der Waals surface area contributed by atoms with E-state index >= 15 is 0 Å². The number of carbonyl (C=O) groups excluding carboxylic acids is 1. The summed E-state index contributed by atoms with van der Waals surface area (Å²) in [7, 11) is 1.81. The summed E-state index contributed by atoms with van der Waals surface area (Å²) in [6.07, 6.45) is 2.27. The van der Waals surface area contributed by atoms with Crippen molar-refractivity contribution in [3.63, 3.8) is 0 Å². The topological polar surface area (TPSA) is 57.3 Å². The zero-order valence-corrected chi connectivity index (χ0v) is 11.8. The van der Waals surface area contributed by atoms with Crippen molar-refractivity contribution in [3.05, 3.63) is 59.9 Å². The van der Waals surface area contributed by atoms with E-state index in [-0.39, 0.29) is 12.4 Å². The van der Waals surface area contributed by atoms with Crippen LogP contribution >= 0.6 is 0 Å². The normalized spacial score (nSPS) is 10.6. The Bertz CT molecular complexity index is 807. The van der Waals surface area contributed by atoms with Gasteiger partial charge in [0.15, 0.2) is 12.0 Å². The Morgan fingerprint density at radius 2 is 2.18 bits per heavy atom. The molecule has 3 rings (SSSR count). The SMILES string of the molecule is Cn1nccc1COc1ccc(F)cc1-c1ccc(C=O)o1. The van der Waals surface area contributed by atoms with Gasteiger partial charge in [0.05, 0.1) is 11.3 Å². The number of nitrogens with zero attached hydrogens (tertiary/aromatic N) is 2. The minimum absolute atomic E-state index is 0.178. The zero-order valence-electron chi connectivity index (χ0n) is 11.8. The molecule has 0 fully saturated rings. The van der Waals surface area contributed by atoms with Gasteiger partial charge in [0.25, 0.3) is 0 Å². The van der Waals surface area contributed by atoms with Gasteiger partial charge in [0, 0.05) is 13.2 Å². The number of ether oxygens (including phenoxy) is 1. The molecule has 6 heteroatoms. The Labute approximate surface area is 125 Å². The average Bonchev–Trinajstić information content (AvgIpc) is 3.15. The molecule has 112 valence electrons. The monoisotopic (exact) mass is 300 g/mol. The molecule has 22 heavy (non-hydrogen) atoms. The van der Waals surface area contributed by atoms with Gasteiger partial charge in [-0.2, -0.15) is 5.10 Å². The van der Waals surface area contributed by atoms with E-state index in [2.05, 4.69) is 5.10 Å². The van der Waals surface area contributed by atoms with Gasteiger partial charge < -0.3 is 9.15 Å². The standard InChI is InChI=1S/C16H13FN2O3/c1-19-12(6-7-18-19)10-21-15-4-2-11(17)8-14(15)16-5-3-13(9-20)22-16/h2-9H,10H2,1H3. The molecule has 2 heterocycles. The maximum Gasteiger partial charge on any atom is 0.185 e. The van der Waals surface area contributed by atoms with E-state index in [1.807, 2.05) is 13.1 Å². The van der Waals surface area contributed by atoms with E-state index < -0.39 is 5.82 Å². The summed E-state index contributed by atoms with van der Waals surface area (Å²) in [6.45, 7) is 0.288. The highest BCUT2D eigenvalue weighted by Gasteiger charge is 2.13. The average molecular weight is 300 g/mol. The number of aldehydes is 1. The summed E-state index contributed by atoms with van der Waals surface area (Å²) in [5.41, 5.74) is 1.33. The lowest BCUT2D eigenvalue weighted by Gasteiger charge is -2.10. The smallest absolute Gasteiger partial charge is 0.185 e. The molecule has 0 unspecified atom stereocenters. The third-order valence-electron chi connectivity index (χ3n) is 3.25. The molecule has 0 spiro atoms. The van der Waals surface area contributed by atoms with Crippen LogP contribution in [-0.2, 0) is 13.7 Å². The van der Waals surface area contributed by atoms with Crippen LogP contribution in [0.2, 0.25) is 0 Å². The van der Waals surface area contributed by atoms with E-state index in [0.29, 0.717) is 23.4 Å². The summed E-state index contributed by atoms with van der Waals surface area (Å²) >= 11 is 0. The molecule has 0 radical (unpaired) electrons. The molecule has 2 aromatic heterocycles. The molecule has 0 saturated heterocycles. The summed E-state index contributed by atoms with van der Waals surface area (Å²) in [5, 5.41) is 4.06. The second kappa shape index (κ2) is 5.85. The molecule has 0 amide bonds. The predicted octanol–water partition coefficient (Wildman–Crippen LogP) is 3.21. The lowest BCUT2D eigenvalue weighted by atomic mass is 10.1. The Morgan fingerprint density at radius 3 is 2.86 bits per heavy atom. The maximum absolute atomic E-state index is 13.5. The Kier molecular flexibility index (Phi) is 3.74. The van der Waals surface area contributed by atoms with Crippen molar-refractivity contribution in [2.75, 3.05) is 0 Å². The van der Waals surface area contributed by atoms with Gasteiger partial charge >= 0.3 is 0 Å². The third kappa shape index (κ3) is 2.76. The van der Waals surface area contributed by atoms with Crippen molar-refractivity contribution >= 4 is 6.29 Å². The van der Waals surface area contributed by atoms with Crippen LogP contribution in [0.15, 0.2) is 47.0 Å². The minimum atomic E-state index is -0.410. The molecule has 0 saturated carbocycles. The molecule has 3 aromatic rings. The number of hydrogen-bond donors (Lipinski definition) is 0. The zero-order chi connectivity index (χ0) is 15.5. The van der Waals surface area contributed by atoms with E-state index in [1.54, 1.807) is 16.9 Å². The number of benzene rings is 1. The molecule has 5 nitrogen and oxygen atoms in total. The van der Waals surface area contributed by atoms with E-state index in [9.17, 15) is 9.18 Å². The first-order valence-corrected chi connectivity index (χ1v) is 6.62. The number of rotatable bonds is 5. The summed E-state index contributed by atoms with van der Waals surface area (Å²) in [6, 6.07) is 9.12. The van der Waals surface area contributed by atoms with E-state index in [1.165, 1.54) is 24.3 Å². The molecule has 0 aliphatic carbocycles. The Hall–Kier alpha value is -2.89. The lowest BCUT2D eigenvalue weighted by molar-refractivity contribution is 0.110. The second-order valence-corrected chi connectivity index (χ2v) is 4.70. The van der Waals surface area contributed by atoms with Crippen LogP contribution in [0.5, 0.6) is 5.75 Å². The van der Waals surface area contributed by atoms with E-state index in [4.69, 9.17) is 9.15 Å². The van der Waals surface area contributed by atoms with Crippen molar-refractivity contribution < 1.29 is 18.3 Å². The van der Waals surface area contributed by atoms with Crippen LogP contribution in [0.1, 0.15) is 16.2 Å². The number of aryl methyl sites for hydroxylation is 1. The first-order valence-electron chi connectivity index (χ1n) is 6.62. The van der Waals surface area contributed by atoms with Crippen molar-refractivity contribution in [3.8, 4) is 17.1 Å². The number of hydrogen-bond acceptors (Lipinski definition) is 4. The predicted molar refractivity (Wildman–Crippen MR) is 77.0 cm³/mol. The Balaban J connectivity index is 1.90. The first-order chi connectivity index (χ1) is 10.7.